The van der Waals surface area contributed by atoms with Gasteiger partial charge in [-0.25, -0.2) is 9.97 Å². The van der Waals surface area contributed by atoms with Crippen molar-refractivity contribution in [2.75, 3.05) is 18.4 Å². The second-order valence-corrected chi connectivity index (χ2v) is 6.16. The Morgan fingerprint density at radius 1 is 1.09 bits per heavy atom. The van der Waals surface area contributed by atoms with Crippen molar-refractivity contribution in [3.63, 3.8) is 0 Å². The number of anilines is 2. The van der Waals surface area contributed by atoms with Gasteiger partial charge in [-0.05, 0) is 51.3 Å². The third-order valence-electron chi connectivity index (χ3n) is 4.09. The fourth-order valence-corrected chi connectivity index (χ4v) is 2.89. The van der Waals surface area contributed by atoms with Crippen LogP contribution in [0.15, 0.2) is 24.3 Å². The number of aryl methyl sites for hydroxylation is 3. The van der Waals surface area contributed by atoms with E-state index in [1.54, 1.807) is 6.07 Å². The molecule has 1 aromatic heterocycles. The van der Waals surface area contributed by atoms with E-state index in [0.717, 1.165) is 42.9 Å². The zero-order chi connectivity index (χ0) is 16.4. The van der Waals surface area contributed by atoms with Gasteiger partial charge >= 0.3 is 0 Å². The normalized spacial score (nSPS) is 14.1. The Kier molecular flexibility index (Phi) is 4.28. The maximum absolute atomic E-state index is 12.5. The highest BCUT2D eigenvalue weighted by molar-refractivity contribution is 5.93. The van der Waals surface area contributed by atoms with Gasteiger partial charge in [-0.1, -0.05) is 17.7 Å². The predicted octanol–water partition coefficient (Wildman–Crippen LogP) is 3.38. The maximum atomic E-state index is 12.5. The summed E-state index contributed by atoms with van der Waals surface area (Å²) in [6.45, 7) is 7.63. The van der Waals surface area contributed by atoms with Crippen LogP contribution in [-0.2, 0) is 0 Å². The van der Waals surface area contributed by atoms with Crippen molar-refractivity contribution >= 4 is 17.5 Å². The van der Waals surface area contributed by atoms with E-state index < -0.39 is 0 Å². The number of carbonyl (C=O) groups excluding carboxylic acids is 1. The van der Waals surface area contributed by atoms with Crippen molar-refractivity contribution in [2.45, 2.75) is 33.6 Å². The second-order valence-electron chi connectivity index (χ2n) is 6.16. The lowest BCUT2D eigenvalue weighted by Crippen LogP contribution is -2.28. The molecule has 23 heavy (non-hydrogen) atoms. The fourth-order valence-electron chi connectivity index (χ4n) is 2.89. The molecule has 0 bridgehead atoms. The summed E-state index contributed by atoms with van der Waals surface area (Å²) >= 11 is 0. The van der Waals surface area contributed by atoms with E-state index in [2.05, 4.69) is 28.3 Å². The van der Waals surface area contributed by atoms with Gasteiger partial charge in [-0.15, -0.1) is 0 Å². The maximum Gasteiger partial charge on any atom is 0.272 e. The highest BCUT2D eigenvalue weighted by atomic mass is 16.2. The van der Waals surface area contributed by atoms with Gasteiger partial charge in [0.05, 0.1) is 0 Å². The van der Waals surface area contributed by atoms with Crippen molar-refractivity contribution in [3.05, 3.63) is 46.8 Å². The molecular formula is C18H22N4O. The van der Waals surface area contributed by atoms with Crippen LogP contribution in [0.2, 0.25) is 0 Å². The highest BCUT2D eigenvalue weighted by Gasteiger charge is 2.21. The minimum absolute atomic E-state index is 0.00308. The molecular weight excluding hydrogens is 288 g/mol. The fraction of sp³-hybridized carbons (Fsp3) is 0.389. The van der Waals surface area contributed by atoms with E-state index in [1.165, 1.54) is 5.56 Å². The van der Waals surface area contributed by atoms with Gasteiger partial charge in [0.15, 0.2) is 0 Å². The van der Waals surface area contributed by atoms with E-state index in [0.29, 0.717) is 11.6 Å². The van der Waals surface area contributed by atoms with E-state index in [9.17, 15) is 4.79 Å². The molecule has 5 heteroatoms. The smallest absolute Gasteiger partial charge is 0.272 e. The summed E-state index contributed by atoms with van der Waals surface area (Å²) in [7, 11) is 0. The van der Waals surface area contributed by atoms with E-state index in [-0.39, 0.29) is 5.91 Å². The molecule has 0 aliphatic carbocycles. The molecule has 3 rings (SSSR count). The number of hydrogen-bond acceptors (Lipinski definition) is 4. The molecule has 2 aromatic rings. The van der Waals surface area contributed by atoms with Gasteiger partial charge in [0.2, 0.25) is 5.95 Å². The monoisotopic (exact) mass is 310 g/mol. The molecule has 1 aliphatic heterocycles. The summed E-state index contributed by atoms with van der Waals surface area (Å²) < 4.78 is 0. The number of nitrogens with zero attached hydrogens (tertiary/aromatic N) is 3. The molecule has 1 saturated heterocycles. The summed E-state index contributed by atoms with van der Waals surface area (Å²) in [5.74, 6) is 0.469. The third-order valence-corrected chi connectivity index (χ3v) is 4.09. The van der Waals surface area contributed by atoms with Gasteiger partial charge in [0, 0.05) is 24.5 Å². The molecule has 2 heterocycles. The molecule has 120 valence electrons. The topological polar surface area (TPSA) is 58.1 Å². The first-order valence-corrected chi connectivity index (χ1v) is 8.02. The lowest BCUT2D eigenvalue weighted by atomic mass is 10.1. The van der Waals surface area contributed by atoms with Crippen LogP contribution < -0.4 is 5.32 Å². The van der Waals surface area contributed by atoms with E-state index >= 15 is 0 Å². The SMILES string of the molecule is Cc1ccc(Nc2nc(C)cc(C(=O)N3CCCC3)n2)c(C)c1. The van der Waals surface area contributed by atoms with Crippen molar-refractivity contribution < 1.29 is 4.79 Å². The van der Waals surface area contributed by atoms with Gasteiger partial charge in [-0.2, -0.15) is 0 Å². The van der Waals surface area contributed by atoms with Gasteiger partial charge in [-0.3, -0.25) is 4.79 Å². The number of benzene rings is 1. The Morgan fingerprint density at radius 3 is 2.52 bits per heavy atom. The number of aromatic nitrogens is 2. The van der Waals surface area contributed by atoms with Crippen LogP contribution >= 0.6 is 0 Å². The van der Waals surface area contributed by atoms with Crippen LogP contribution in [0.5, 0.6) is 0 Å². The molecule has 1 amide bonds. The minimum atomic E-state index is -0.00308. The second kappa shape index (κ2) is 6.36. The number of amides is 1. The number of likely N-dealkylation sites (tertiary alicyclic amines) is 1. The molecule has 0 saturated carbocycles. The summed E-state index contributed by atoms with van der Waals surface area (Å²) in [4.78, 5) is 23.2. The Bertz CT molecular complexity index is 736. The first-order valence-electron chi connectivity index (χ1n) is 8.02. The largest absolute Gasteiger partial charge is 0.337 e. The van der Waals surface area contributed by atoms with Crippen molar-refractivity contribution in [2.24, 2.45) is 0 Å². The predicted molar refractivity (Wildman–Crippen MR) is 91.1 cm³/mol. The first-order chi connectivity index (χ1) is 11.0. The number of carbonyl (C=O) groups is 1. The summed E-state index contributed by atoms with van der Waals surface area (Å²) in [6.07, 6.45) is 2.15. The molecule has 1 aromatic carbocycles. The van der Waals surface area contributed by atoms with Crippen molar-refractivity contribution in [3.8, 4) is 0 Å². The lowest BCUT2D eigenvalue weighted by Gasteiger charge is -2.16. The van der Waals surface area contributed by atoms with Crippen LogP contribution in [-0.4, -0.2) is 33.9 Å². The summed E-state index contributed by atoms with van der Waals surface area (Å²) in [5.41, 5.74) is 4.55. The quantitative estimate of drug-likeness (QED) is 0.944. The van der Waals surface area contributed by atoms with Crippen LogP contribution in [0.4, 0.5) is 11.6 Å². The highest BCUT2D eigenvalue weighted by Crippen LogP contribution is 2.20. The molecule has 1 N–H and O–H groups in total. The molecule has 0 unspecified atom stereocenters. The summed E-state index contributed by atoms with van der Waals surface area (Å²) in [5, 5.41) is 3.23. The Labute approximate surface area is 136 Å². The Balaban J connectivity index is 1.86. The average Bonchev–Trinajstić information content (AvgIpc) is 3.03. The molecule has 0 radical (unpaired) electrons. The number of nitrogens with one attached hydrogen (secondary N) is 1. The Hall–Kier alpha value is -2.43. The zero-order valence-electron chi connectivity index (χ0n) is 13.9. The Morgan fingerprint density at radius 2 is 1.83 bits per heavy atom. The van der Waals surface area contributed by atoms with Crippen molar-refractivity contribution in [1.82, 2.24) is 14.9 Å². The molecule has 1 fully saturated rings. The molecule has 1 aliphatic rings. The standard InChI is InChI=1S/C18H22N4O/c1-12-6-7-15(13(2)10-12)20-18-19-14(3)11-16(21-18)17(23)22-8-4-5-9-22/h6-7,10-11H,4-5,8-9H2,1-3H3,(H,19,20,21). The van der Waals surface area contributed by atoms with Crippen LogP contribution in [0.1, 0.15) is 40.2 Å². The van der Waals surface area contributed by atoms with E-state index in [4.69, 9.17) is 0 Å². The van der Waals surface area contributed by atoms with Crippen LogP contribution in [0.25, 0.3) is 0 Å². The summed E-state index contributed by atoms with van der Waals surface area (Å²) in [6, 6.07) is 7.92. The number of rotatable bonds is 3. The minimum Gasteiger partial charge on any atom is -0.337 e. The average molecular weight is 310 g/mol. The van der Waals surface area contributed by atoms with Gasteiger partial charge in [0.25, 0.3) is 5.91 Å². The van der Waals surface area contributed by atoms with E-state index in [1.807, 2.05) is 30.9 Å². The third kappa shape index (κ3) is 3.50. The van der Waals surface area contributed by atoms with Crippen LogP contribution in [0.3, 0.4) is 0 Å². The number of hydrogen-bond donors (Lipinski definition) is 1. The van der Waals surface area contributed by atoms with Gasteiger partial charge < -0.3 is 10.2 Å². The lowest BCUT2D eigenvalue weighted by molar-refractivity contribution is 0.0787. The molecule has 0 spiro atoms. The van der Waals surface area contributed by atoms with Gasteiger partial charge in [0.1, 0.15) is 5.69 Å². The zero-order valence-corrected chi connectivity index (χ0v) is 13.9. The molecule has 0 atom stereocenters. The first kappa shape index (κ1) is 15.5. The van der Waals surface area contributed by atoms with Crippen LogP contribution in [0, 0.1) is 20.8 Å². The van der Waals surface area contributed by atoms with Crippen molar-refractivity contribution in [1.29, 1.82) is 0 Å². The molecule has 5 nitrogen and oxygen atoms in total.